The first-order valence-corrected chi connectivity index (χ1v) is 9.85. The molecule has 1 unspecified atom stereocenters. The average molecular weight is 396 g/mol. The van der Waals surface area contributed by atoms with Crippen LogP contribution in [0.4, 0.5) is 4.79 Å². The monoisotopic (exact) mass is 396 g/mol. The molecule has 0 radical (unpaired) electrons. The van der Waals surface area contributed by atoms with Crippen LogP contribution in [0.15, 0.2) is 42.5 Å². The summed E-state index contributed by atoms with van der Waals surface area (Å²) in [6, 6.07) is 13.9. The number of quaternary nitrogens is 1. The van der Waals surface area contributed by atoms with Gasteiger partial charge in [0, 0.05) is 30.6 Å². The number of methoxy groups -OCH3 is 2. The van der Waals surface area contributed by atoms with Crippen LogP contribution in [0.3, 0.4) is 0 Å². The van der Waals surface area contributed by atoms with Crippen LogP contribution in [0.2, 0.25) is 0 Å². The van der Waals surface area contributed by atoms with Crippen molar-refractivity contribution in [1.82, 2.24) is 10.2 Å². The fourth-order valence-corrected chi connectivity index (χ4v) is 4.33. The van der Waals surface area contributed by atoms with Gasteiger partial charge in [0.2, 0.25) is 0 Å². The van der Waals surface area contributed by atoms with Crippen molar-refractivity contribution >= 4 is 11.9 Å². The zero-order chi connectivity index (χ0) is 20.4. The number of rotatable bonds is 5. The molecule has 7 heteroatoms. The highest BCUT2D eigenvalue weighted by atomic mass is 16.5. The number of hydrogen-bond acceptors (Lipinski definition) is 4. The van der Waals surface area contributed by atoms with Gasteiger partial charge in [-0.3, -0.25) is 9.69 Å². The summed E-state index contributed by atoms with van der Waals surface area (Å²) in [5.74, 6) is 1.25. The predicted molar refractivity (Wildman–Crippen MR) is 107 cm³/mol. The van der Waals surface area contributed by atoms with Gasteiger partial charge in [0.15, 0.2) is 18.0 Å². The first-order chi connectivity index (χ1) is 14.1. The van der Waals surface area contributed by atoms with E-state index >= 15 is 0 Å². The summed E-state index contributed by atoms with van der Waals surface area (Å²) < 4.78 is 11.0. The maximum absolute atomic E-state index is 12.8. The summed E-state index contributed by atoms with van der Waals surface area (Å²) in [5.41, 5.74) is 3.47. The average Bonchev–Trinajstić information content (AvgIpc) is 3.19. The molecule has 0 bridgehead atoms. The zero-order valence-corrected chi connectivity index (χ0v) is 16.7. The molecule has 2 heterocycles. The highest BCUT2D eigenvalue weighted by Crippen LogP contribution is 2.36. The summed E-state index contributed by atoms with van der Waals surface area (Å²) in [6.45, 7) is 2.01. The van der Waals surface area contributed by atoms with Gasteiger partial charge in [-0.1, -0.05) is 30.3 Å². The molecule has 0 aliphatic carbocycles. The Morgan fingerprint density at radius 3 is 2.55 bits per heavy atom. The standard InChI is InChI=1S/C22H25N3O4/c1-28-18-12-16-8-10-24(14-20(26)25-11-9-23-22(25)27)21(15-6-4-3-5-7-15)17(16)13-19(18)29-2/h3-7,12-13,21H,8-11,14H2,1-2H3,(H,23,27)/p+1/t21-/m1/s1. The number of nitrogens with one attached hydrogen (secondary N) is 2. The Morgan fingerprint density at radius 2 is 1.90 bits per heavy atom. The van der Waals surface area contributed by atoms with Crippen LogP contribution in [-0.4, -0.2) is 57.2 Å². The van der Waals surface area contributed by atoms with Gasteiger partial charge < -0.3 is 19.7 Å². The summed E-state index contributed by atoms with van der Waals surface area (Å²) in [4.78, 5) is 27.2. The smallest absolute Gasteiger partial charge is 0.324 e. The Kier molecular flexibility index (Phi) is 5.40. The van der Waals surface area contributed by atoms with E-state index in [0.717, 1.165) is 29.0 Å². The fraction of sp³-hybridized carbons (Fsp3) is 0.364. The van der Waals surface area contributed by atoms with Crippen LogP contribution in [0.5, 0.6) is 11.5 Å². The minimum atomic E-state index is -0.297. The van der Waals surface area contributed by atoms with Gasteiger partial charge in [-0.15, -0.1) is 0 Å². The minimum Gasteiger partial charge on any atom is -0.493 e. The Morgan fingerprint density at radius 1 is 1.17 bits per heavy atom. The Balaban J connectivity index is 1.71. The lowest BCUT2D eigenvalue weighted by Gasteiger charge is -2.35. The highest BCUT2D eigenvalue weighted by molar-refractivity contribution is 5.96. The second kappa shape index (κ2) is 8.13. The van der Waals surface area contributed by atoms with E-state index in [0.29, 0.717) is 24.6 Å². The molecule has 3 amide bonds. The summed E-state index contributed by atoms with van der Waals surface area (Å²) in [7, 11) is 3.27. The van der Waals surface area contributed by atoms with E-state index in [4.69, 9.17) is 9.47 Å². The quantitative estimate of drug-likeness (QED) is 0.784. The molecule has 2 aliphatic rings. The Labute approximate surface area is 170 Å². The molecule has 2 aliphatic heterocycles. The zero-order valence-electron chi connectivity index (χ0n) is 16.7. The van der Waals surface area contributed by atoms with E-state index in [1.54, 1.807) is 14.2 Å². The van der Waals surface area contributed by atoms with E-state index in [1.807, 2.05) is 30.3 Å². The third-order valence-corrected chi connectivity index (χ3v) is 5.75. The van der Waals surface area contributed by atoms with Crippen LogP contribution in [-0.2, 0) is 11.2 Å². The first kappa shape index (κ1) is 19.3. The highest BCUT2D eigenvalue weighted by Gasteiger charge is 2.37. The first-order valence-electron chi connectivity index (χ1n) is 9.85. The molecule has 1 fully saturated rings. The van der Waals surface area contributed by atoms with Gasteiger partial charge in [0.25, 0.3) is 5.91 Å². The second-order valence-corrected chi connectivity index (χ2v) is 7.36. The molecule has 4 rings (SSSR count). The number of carbonyl (C=O) groups excluding carboxylic acids is 2. The molecule has 2 aromatic carbocycles. The molecular weight excluding hydrogens is 370 g/mol. The number of amides is 3. The number of fused-ring (bicyclic) bond motifs is 1. The molecule has 1 saturated heterocycles. The number of hydrogen-bond donors (Lipinski definition) is 2. The van der Waals surface area contributed by atoms with Gasteiger partial charge in [-0.05, 0) is 17.7 Å². The van der Waals surface area contributed by atoms with Crippen LogP contribution in [0.1, 0.15) is 22.7 Å². The van der Waals surface area contributed by atoms with E-state index in [9.17, 15) is 9.59 Å². The molecule has 2 atom stereocenters. The van der Waals surface area contributed by atoms with Crippen LogP contribution in [0.25, 0.3) is 0 Å². The largest absolute Gasteiger partial charge is 0.493 e. The van der Waals surface area contributed by atoms with Crippen molar-refractivity contribution in [1.29, 1.82) is 0 Å². The number of ether oxygens (including phenoxy) is 2. The van der Waals surface area contributed by atoms with E-state index in [-0.39, 0.29) is 24.5 Å². The van der Waals surface area contributed by atoms with Crippen molar-refractivity contribution in [3.8, 4) is 11.5 Å². The topological polar surface area (TPSA) is 72.3 Å². The number of nitrogens with zero attached hydrogens (tertiary/aromatic N) is 1. The number of urea groups is 1. The van der Waals surface area contributed by atoms with Gasteiger partial charge in [-0.25, -0.2) is 4.79 Å². The molecule has 29 heavy (non-hydrogen) atoms. The Bertz CT molecular complexity index is 916. The SMILES string of the molecule is COc1cc2c(cc1OC)[C@@H](c1ccccc1)[NH+](CC(=O)N1CCNC1=O)CC2. The lowest BCUT2D eigenvalue weighted by atomic mass is 9.87. The van der Waals surface area contributed by atoms with Gasteiger partial charge in [0.1, 0.15) is 6.04 Å². The van der Waals surface area contributed by atoms with Crippen molar-refractivity contribution in [2.45, 2.75) is 12.5 Å². The summed E-state index contributed by atoms with van der Waals surface area (Å²) >= 11 is 0. The summed E-state index contributed by atoms with van der Waals surface area (Å²) in [6.07, 6.45) is 0.827. The Hall–Kier alpha value is -3.06. The fourth-order valence-electron chi connectivity index (χ4n) is 4.33. The van der Waals surface area contributed by atoms with Crippen molar-refractivity contribution in [3.63, 3.8) is 0 Å². The molecule has 0 aromatic heterocycles. The second-order valence-electron chi connectivity index (χ2n) is 7.36. The predicted octanol–water partition coefficient (Wildman–Crippen LogP) is 0.786. The third-order valence-electron chi connectivity index (χ3n) is 5.75. The number of carbonyl (C=O) groups is 2. The van der Waals surface area contributed by atoms with Gasteiger partial charge >= 0.3 is 6.03 Å². The molecule has 7 nitrogen and oxygen atoms in total. The van der Waals surface area contributed by atoms with Gasteiger partial charge in [-0.2, -0.15) is 0 Å². The summed E-state index contributed by atoms with van der Waals surface area (Å²) in [5, 5.41) is 2.70. The maximum atomic E-state index is 12.8. The van der Waals surface area contributed by atoms with Crippen molar-refractivity contribution < 1.29 is 24.0 Å². The molecule has 2 N–H and O–H groups in total. The van der Waals surface area contributed by atoms with E-state index in [2.05, 4.69) is 17.4 Å². The molecule has 2 aromatic rings. The molecule has 0 saturated carbocycles. The van der Waals surface area contributed by atoms with Crippen molar-refractivity contribution in [2.75, 3.05) is 40.4 Å². The van der Waals surface area contributed by atoms with Gasteiger partial charge in [0.05, 0.1) is 20.8 Å². The maximum Gasteiger partial charge on any atom is 0.324 e. The molecule has 152 valence electrons. The van der Waals surface area contributed by atoms with Crippen LogP contribution >= 0.6 is 0 Å². The lowest BCUT2D eigenvalue weighted by molar-refractivity contribution is -0.920. The van der Waals surface area contributed by atoms with Crippen molar-refractivity contribution in [3.05, 3.63) is 59.2 Å². The van der Waals surface area contributed by atoms with E-state index in [1.165, 1.54) is 10.5 Å². The third kappa shape index (κ3) is 3.65. The van der Waals surface area contributed by atoms with Crippen LogP contribution in [0, 0.1) is 0 Å². The lowest BCUT2D eigenvalue weighted by Crippen LogP contribution is -3.14. The normalized spacial score (nSPS) is 20.8. The van der Waals surface area contributed by atoms with Crippen LogP contribution < -0.4 is 19.7 Å². The van der Waals surface area contributed by atoms with E-state index < -0.39 is 0 Å². The number of imide groups is 1. The number of benzene rings is 2. The molecular formula is C22H26N3O4+. The molecule has 0 spiro atoms. The minimum absolute atomic E-state index is 0.0191. The van der Waals surface area contributed by atoms with Crippen molar-refractivity contribution in [2.24, 2.45) is 0 Å².